The van der Waals surface area contributed by atoms with E-state index in [1.165, 1.54) is 17.4 Å². The lowest BCUT2D eigenvalue weighted by Crippen LogP contribution is -2.07. The van der Waals surface area contributed by atoms with E-state index in [9.17, 15) is 4.79 Å². The van der Waals surface area contributed by atoms with Gasteiger partial charge in [0.25, 0.3) is 0 Å². The largest absolute Gasteiger partial charge is 0.493 e. The number of amides is 1. The number of carbonyl (C=O) groups excluding carboxylic acids is 1. The van der Waals surface area contributed by atoms with Gasteiger partial charge in [0, 0.05) is 22.0 Å². The van der Waals surface area contributed by atoms with Crippen LogP contribution in [-0.2, 0) is 4.79 Å². The van der Waals surface area contributed by atoms with E-state index in [2.05, 4.69) is 10.3 Å². The van der Waals surface area contributed by atoms with Crippen molar-refractivity contribution in [2.75, 3.05) is 19.0 Å². The van der Waals surface area contributed by atoms with Crippen LogP contribution in [0.3, 0.4) is 0 Å². The van der Waals surface area contributed by atoms with Crippen molar-refractivity contribution in [1.82, 2.24) is 4.98 Å². The Balaban J connectivity index is 1.65. The molecule has 0 aliphatic heterocycles. The molecule has 0 spiro atoms. The third-order valence-electron chi connectivity index (χ3n) is 3.96. The van der Waals surface area contributed by atoms with Gasteiger partial charge in [-0.15, -0.1) is 11.3 Å². The number of halogens is 1. The highest BCUT2D eigenvalue weighted by atomic mass is 35.5. The number of thiazole rings is 1. The molecule has 0 bridgehead atoms. The van der Waals surface area contributed by atoms with Gasteiger partial charge in [0.05, 0.1) is 19.4 Å². The molecule has 0 aliphatic rings. The van der Waals surface area contributed by atoms with Gasteiger partial charge < -0.3 is 9.47 Å². The minimum atomic E-state index is -0.268. The minimum absolute atomic E-state index is 0.268. The number of methoxy groups -OCH3 is 1. The summed E-state index contributed by atoms with van der Waals surface area (Å²) >= 11 is 7.55. The molecule has 0 fully saturated rings. The summed E-state index contributed by atoms with van der Waals surface area (Å²) < 4.78 is 11.0. The number of nitrogens with one attached hydrogen (secondary N) is 1. The lowest BCUT2D eigenvalue weighted by molar-refractivity contribution is -0.111. The van der Waals surface area contributed by atoms with Crippen LogP contribution in [0.2, 0.25) is 5.02 Å². The molecule has 1 aromatic heterocycles. The highest BCUT2D eigenvalue weighted by Crippen LogP contribution is 2.31. The van der Waals surface area contributed by atoms with E-state index in [4.69, 9.17) is 21.1 Å². The van der Waals surface area contributed by atoms with Gasteiger partial charge in [0.15, 0.2) is 16.6 Å². The number of aromatic nitrogens is 1. The quantitative estimate of drug-likeness (QED) is 0.453. The molecule has 0 atom stereocenters. The summed E-state index contributed by atoms with van der Waals surface area (Å²) in [7, 11) is 1.59. The van der Waals surface area contributed by atoms with Crippen molar-refractivity contribution in [3.05, 3.63) is 64.5 Å². The number of nitrogens with zero attached hydrogens (tertiary/aromatic N) is 1. The van der Waals surface area contributed by atoms with E-state index in [0.717, 1.165) is 23.2 Å². The first kappa shape index (κ1) is 20.9. The molecule has 0 radical (unpaired) electrons. The molecule has 5 nitrogen and oxygen atoms in total. The molecule has 150 valence electrons. The predicted octanol–water partition coefficient (Wildman–Crippen LogP) is 5.91. The third kappa shape index (κ3) is 5.59. The molecule has 29 heavy (non-hydrogen) atoms. The number of anilines is 1. The number of rotatable bonds is 8. The highest BCUT2D eigenvalue weighted by molar-refractivity contribution is 7.14. The van der Waals surface area contributed by atoms with Crippen LogP contribution in [0, 0.1) is 0 Å². The molecule has 0 unspecified atom stereocenters. The zero-order valence-electron chi connectivity index (χ0n) is 16.1. The Morgan fingerprint density at radius 3 is 2.83 bits per heavy atom. The van der Waals surface area contributed by atoms with Crippen LogP contribution >= 0.6 is 22.9 Å². The fraction of sp³-hybridized carbons (Fsp3) is 0.182. The van der Waals surface area contributed by atoms with Crippen molar-refractivity contribution in [2.24, 2.45) is 0 Å². The molecule has 3 aromatic rings. The average Bonchev–Trinajstić information content (AvgIpc) is 3.19. The fourth-order valence-electron chi connectivity index (χ4n) is 2.56. The first-order valence-electron chi connectivity index (χ1n) is 9.11. The van der Waals surface area contributed by atoms with Gasteiger partial charge in [-0.2, -0.15) is 0 Å². The van der Waals surface area contributed by atoms with Crippen LogP contribution in [0.5, 0.6) is 11.5 Å². The minimum Gasteiger partial charge on any atom is -0.493 e. The Morgan fingerprint density at radius 1 is 1.24 bits per heavy atom. The van der Waals surface area contributed by atoms with Crippen molar-refractivity contribution < 1.29 is 14.3 Å². The predicted molar refractivity (Wildman–Crippen MR) is 119 cm³/mol. The molecule has 7 heteroatoms. The van der Waals surface area contributed by atoms with Crippen LogP contribution in [0.15, 0.2) is 53.9 Å². The standard InChI is InChI=1S/C22H21ClN2O3S/c1-3-12-28-19-10-8-15(13-20(19)27-2)9-11-21(26)25-22-24-18(14-29-22)16-6-4-5-7-17(16)23/h4-11,13-14H,3,12H2,1-2H3,(H,24,25,26). The van der Waals surface area contributed by atoms with Gasteiger partial charge >= 0.3 is 0 Å². The molecule has 0 saturated carbocycles. The number of hydrogen-bond acceptors (Lipinski definition) is 5. The molecule has 1 heterocycles. The molecule has 0 aliphatic carbocycles. The van der Waals surface area contributed by atoms with Crippen molar-refractivity contribution >= 4 is 40.1 Å². The summed E-state index contributed by atoms with van der Waals surface area (Å²) in [5, 5.41) is 5.76. The lowest BCUT2D eigenvalue weighted by atomic mass is 10.2. The molecule has 0 saturated heterocycles. The Labute approximate surface area is 179 Å². The zero-order chi connectivity index (χ0) is 20.6. The fourth-order valence-corrected chi connectivity index (χ4v) is 3.51. The number of benzene rings is 2. The zero-order valence-corrected chi connectivity index (χ0v) is 17.7. The second kappa shape index (κ2) is 10.1. The first-order valence-corrected chi connectivity index (χ1v) is 10.4. The maximum Gasteiger partial charge on any atom is 0.250 e. The highest BCUT2D eigenvalue weighted by Gasteiger charge is 2.09. The number of hydrogen-bond donors (Lipinski definition) is 1. The summed E-state index contributed by atoms with van der Waals surface area (Å²) in [6.45, 7) is 2.67. The summed E-state index contributed by atoms with van der Waals surface area (Å²) in [6.07, 6.45) is 4.09. The number of carbonyl (C=O) groups is 1. The smallest absolute Gasteiger partial charge is 0.250 e. The van der Waals surface area contributed by atoms with Gasteiger partial charge in [0.1, 0.15) is 0 Å². The Morgan fingerprint density at radius 2 is 2.07 bits per heavy atom. The first-order chi connectivity index (χ1) is 14.1. The van der Waals surface area contributed by atoms with Crippen molar-refractivity contribution in [3.63, 3.8) is 0 Å². The summed E-state index contributed by atoms with van der Waals surface area (Å²) in [5.41, 5.74) is 2.39. The van der Waals surface area contributed by atoms with E-state index in [0.29, 0.717) is 28.3 Å². The van der Waals surface area contributed by atoms with Crippen LogP contribution in [0.25, 0.3) is 17.3 Å². The summed E-state index contributed by atoms with van der Waals surface area (Å²) in [4.78, 5) is 16.7. The normalized spacial score (nSPS) is 10.9. The van der Waals surface area contributed by atoms with Crippen molar-refractivity contribution in [2.45, 2.75) is 13.3 Å². The third-order valence-corrected chi connectivity index (χ3v) is 5.05. The van der Waals surface area contributed by atoms with E-state index in [1.54, 1.807) is 13.2 Å². The van der Waals surface area contributed by atoms with E-state index >= 15 is 0 Å². The SMILES string of the molecule is CCCOc1ccc(C=CC(=O)Nc2nc(-c3ccccc3Cl)cs2)cc1OC. The Bertz CT molecular complexity index is 1020. The maximum atomic E-state index is 12.2. The van der Waals surface area contributed by atoms with Gasteiger partial charge in [-0.25, -0.2) is 4.98 Å². The Kier molecular flexibility index (Phi) is 7.27. The van der Waals surface area contributed by atoms with Crippen molar-refractivity contribution in [3.8, 4) is 22.8 Å². The monoisotopic (exact) mass is 428 g/mol. The summed E-state index contributed by atoms with van der Waals surface area (Å²) in [6, 6.07) is 13.0. The lowest BCUT2D eigenvalue weighted by Gasteiger charge is -2.10. The van der Waals surface area contributed by atoms with Crippen LogP contribution < -0.4 is 14.8 Å². The van der Waals surface area contributed by atoms with Gasteiger partial charge in [-0.3, -0.25) is 10.1 Å². The maximum absolute atomic E-state index is 12.2. The van der Waals surface area contributed by atoms with Gasteiger partial charge in [-0.1, -0.05) is 42.8 Å². The van der Waals surface area contributed by atoms with Crippen LogP contribution in [-0.4, -0.2) is 24.6 Å². The molecule has 1 amide bonds. The molecular weight excluding hydrogens is 408 g/mol. The molecule has 1 N–H and O–H groups in total. The van der Waals surface area contributed by atoms with E-state index in [-0.39, 0.29) is 5.91 Å². The molecular formula is C22H21ClN2O3S. The van der Waals surface area contributed by atoms with E-state index < -0.39 is 0 Å². The Hall–Kier alpha value is -2.83. The van der Waals surface area contributed by atoms with Crippen LogP contribution in [0.1, 0.15) is 18.9 Å². The average molecular weight is 429 g/mol. The summed E-state index contributed by atoms with van der Waals surface area (Å²) in [5.74, 6) is 1.05. The van der Waals surface area contributed by atoms with E-state index in [1.807, 2.05) is 54.8 Å². The topological polar surface area (TPSA) is 60.5 Å². The van der Waals surface area contributed by atoms with Gasteiger partial charge in [0.2, 0.25) is 5.91 Å². The number of ether oxygens (including phenoxy) is 2. The van der Waals surface area contributed by atoms with Gasteiger partial charge in [-0.05, 0) is 36.3 Å². The second-order valence-corrected chi connectivity index (χ2v) is 7.36. The second-order valence-electron chi connectivity index (χ2n) is 6.10. The van der Waals surface area contributed by atoms with Crippen molar-refractivity contribution in [1.29, 1.82) is 0 Å². The van der Waals surface area contributed by atoms with Crippen LogP contribution in [0.4, 0.5) is 5.13 Å². The molecule has 3 rings (SSSR count). The molecule has 2 aromatic carbocycles.